The van der Waals surface area contributed by atoms with Gasteiger partial charge in [-0.15, -0.1) is 0 Å². The molecule has 0 fully saturated rings. The number of fused-ring (bicyclic) bond motifs is 1. The van der Waals surface area contributed by atoms with Crippen molar-refractivity contribution in [2.75, 3.05) is 0 Å². The Morgan fingerprint density at radius 1 is 1.29 bits per heavy atom. The first-order valence-corrected chi connectivity index (χ1v) is 7.04. The summed E-state index contributed by atoms with van der Waals surface area (Å²) < 4.78 is 24.7. The summed E-state index contributed by atoms with van der Waals surface area (Å²) in [7, 11) is -3.77. The molecule has 2 rings (SSSR count). The second-order valence-corrected chi connectivity index (χ2v) is 5.35. The number of rotatable bonds is 3. The molecule has 0 saturated heterocycles. The molecule has 5 nitrogen and oxygen atoms in total. The average molecular weight is 253 g/mol. The third kappa shape index (κ3) is 2.05. The lowest BCUT2D eigenvalue weighted by Crippen LogP contribution is -2.13. The molecule has 0 unspecified atom stereocenters. The molecular formula is C11H15N3O2S. The molecule has 0 saturated carbocycles. The largest absolute Gasteiger partial charge is 0.302 e. The summed E-state index contributed by atoms with van der Waals surface area (Å²) >= 11 is 0. The van der Waals surface area contributed by atoms with E-state index in [0.717, 1.165) is 12.0 Å². The van der Waals surface area contributed by atoms with Crippen LogP contribution < -0.4 is 5.14 Å². The monoisotopic (exact) mass is 253 g/mol. The fraction of sp³-hybridized carbons (Fsp3) is 0.364. The van der Waals surface area contributed by atoms with E-state index in [1.165, 1.54) is 0 Å². The van der Waals surface area contributed by atoms with Crippen molar-refractivity contribution in [3.05, 3.63) is 29.7 Å². The summed E-state index contributed by atoms with van der Waals surface area (Å²) in [5, 5.41) is 5.11. The van der Waals surface area contributed by atoms with Crippen LogP contribution in [0.1, 0.15) is 25.2 Å². The summed E-state index contributed by atoms with van der Waals surface area (Å²) in [5.41, 5.74) is 1.67. The summed E-state index contributed by atoms with van der Waals surface area (Å²) in [4.78, 5) is 4.10. The van der Waals surface area contributed by atoms with E-state index in [1.807, 2.05) is 26.1 Å². The van der Waals surface area contributed by atoms with Crippen LogP contribution in [-0.4, -0.2) is 17.8 Å². The van der Waals surface area contributed by atoms with Crippen molar-refractivity contribution in [2.45, 2.75) is 31.7 Å². The van der Waals surface area contributed by atoms with Crippen LogP contribution in [0, 0.1) is 0 Å². The fourth-order valence-electron chi connectivity index (χ4n) is 1.83. The van der Waals surface area contributed by atoms with Crippen molar-refractivity contribution in [2.24, 2.45) is 5.14 Å². The first-order chi connectivity index (χ1) is 7.97. The summed E-state index contributed by atoms with van der Waals surface area (Å²) in [6, 6.07) is 3.65. The van der Waals surface area contributed by atoms with Crippen LogP contribution in [0.2, 0.25) is 0 Å². The molecule has 2 aromatic heterocycles. The predicted octanol–water partition coefficient (Wildman–Crippen LogP) is 1.11. The summed E-state index contributed by atoms with van der Waals surface area (Å²) in [6.45, 7) is 3.98. The van der Waals surface area contributed by atoms with Gasteiger partial charge in [-0.2, -0.15) is 0 Å². The number of nitrogens with zero attached hydrogens (tertiary/aromatic N) is 2. The second kappa shape index (κ2) is 4.12. The Hall–Kier alpha value is -1.40. The normalized spacial score (nSPS) is 12.2. The maximum atomic E-state index is 11.4. The van der Waals surface area contributed by atoms with Crippen molar-refractivity contribution < 1.29 is 8.42 Å². The quantitative estimate of drug-likeness (QED) is 0.890. The number of sulfonamides is 1. The Morgan fingerprint density at radius 3 is 2.53 bits per heavy atom. The second-order valence-electron chi connectivity index (χ2n) is 3.88. The molecule has 2 N–H and O–H groups in total. The average Bonchev–Trinajstić information content (AvgIpc) is 2.66. The zero-order valence-corrected chi connectivity index (χ0v) is 10.7. The van der Waals surface area contributed by atoms with Crippen molar-refractivity contribution in [1.82, 2.24) is 9.38 Å². The number of aromatic nitrogens is 2. The van der Waals surface area contributed by atoms with Crippen LogP contribution in [0.5, 0.6) is 0 Å². The summed E-state index contributed by atoms with van der Waals surface area (Å²) in [6.07, 6.45) is 3.46. The molecule has 17 heavy (non-hydrogen) atoms. The van der Waals surface area contributed by atoms with Gasteiger partial charge in [0.25, 0.3) is 10.0 Å². The fourth-order valence-corrected chi connectivity index (χ4v) is 2.52. The van der Waals surface area contributed by atoms with Gasteiger partial charge in [0.1, 0.15) is 5.82 Å². The molecule has 92 valence electrons. The van der Waals surface area contributed by atoms with Crippen LogP contribution in [0.15, 0.2) is 23.4 Å². The lowest BCUT2D eigenvalue weighted by Gasteiger charge is -2.01. The highest BCUT2D eigenvalue weighted by Gasteiger charge is 2.18. The number of nitrogens with two attached hydrogens (primary N) is 1. The number of hydrogen-bond acceptors (Lipinski definition) is 3. The van der Waals surface area contributed by atoms with Gasteiger partial charge in [-0.25, -0.2) is 18.5 Å². The maximum Gasteiger partial charge on any atom is 0.257 e. The van der Waals surface area contributed by atoms with Crippen LogP contribution >= 0.6 is 0 Å². The smallest absolute Gasteiger partial charge is 0.257 e. The van der Waals surface area contributed by atoms with Gasteiger partial charge < -0.3 is 4.40 Å². The molecule has 0 aliphatic rings. The molecular weight excluding hydrogens is 238 g/mol. The van der Waals surface area contributed by atoms with Gasteiger partial charge in [-0.05, 0) is 18.1 Å². The molecule has 0 aromatic carbocycles. The third-order valence-electron chi connectivity index (χ3n) is 2.73. The van der Waals surface area contributed by atoms with Gasteiger partial charge in [0.15, 0.2) is 5.03 Å². The van der Waals surface area contributed by atoms with E-state index in [2.05, 4.69) is 4.98 Å². The van der Waals surface area contributed by atoms with Crippen LogP contribution in [0.25, 0.3) is 5.52 Å². The highest BCUT2D eigenvalue weighted by molar-refractivity contribution is 7.89. The van der Waals surface area contributed by atoms with Crippen molar-refractivity contribution in [3.8, 4) is 0 Å². The Bertz CT molecular complexity index is 659. The van der Waals surface area contributed by atoms with E-state index < -0.39 is 10.0 Å². The Morgan fingerprint density at radius 2 is 2.00 bits per heavy atom. The van der Waals surface area contributed by atoms with Gasteiger partial charge in [-0.1, -0.05) is 19.9 Å². The minimum atomic E-state index is -3.77. The third-order valence-corrected chi connectivity index (χ3v) is 3.57. The molecule has 2 aromatic rings. The van der Waals surface area contributed by atoms with Gasteiger partial charge in [0.05, 0.1) is 5.52 Å². The Balaban J connectivity index is 2.82. The Labute approximate surface area is 100 Å². The van der Waals surface area contributed by atoms with Gasteiger partial charge >= 0.3 is 0 Å². The number of pyridine rings is 1. The predicted molar refractivity (Wildman–Crippen MR) is 65.3 cm³/mol. The zero-order chi connectivity index (χ0) is 12.6. The van der Waals surface area contributed by atoms with Crippen LogP contribution in [-0.2, 0) is 22.9 Å². The Kier molecular flexibility index (Phi) is 2.92. The number of primary sulfonamides is 1. The molecule has 0 radical (unpaired) electrons. The van der Waals surface area contributed by atoms with Crippen LogP contribution in [0.3, 0.4) is 0 Å². The molecule has 0 spiro atoms. The molecule has 0 bridgehead atoms. The van der Waals surface area contributed by atoms with E-state index in [1.54, 1.807) is 10.5 Å². The van der Waals surface area contributed by atoms with Crippen molar-refractivity contribution in [1.29, 1.82) is 0 Å². The zero-order valence-electron chi connectivity index (χ0n) is 9.84. The van der Waals surface area contributed by atoms with Crippen molar-refractivity contribution in [3.63, 3.8) is 0 Å². The van der Waals surface area contributed by atoms with E-state index in [9.17, 15) is 8.42 Å². The van der Waals surface area contributed by atoms with Gasteiger partial charge in [0.2, 0.25) is 0 Å². The first-order valence-electron chi connectivity index (χ1n) is 5.50. The van der Waals surface area contributed by atoms with Crippen LogP contribution in [0.4, 0.5) is 0 Å². The molecule has 0 aliphatic carbocycles. The molecule has 0 amide bonds. The number of hydrogen-bond donors (Lipinski definition) is 1. The highest BCUT2D eigenvalue weighted by Crippen LogP contribution is 2.18. The molecule has 0 aliphatic heterocycles. The van der Waals surface area contributed by atoms with E-state index in [-0.39, 0.29) is 5.03 Å². The van der Waals surface area contributed by atoms with Gasteiger partial charge in [0, 0.05) is 12.6 Å². The lowest BCUT2D eigenvalue weighted by molar-refractivity contribution is 0.595. The highest BCUT2D eigenvalue weighted by atomic mass is 32.2. The first kappa shape index (κ1) is 12.1. The molecule has 6 heteroatoms. The maximum absolute atomic E-state index is 11.4. The lowest BCUT2D eigenvalue weighted by atomic mass is 10.2. The topological polar surface area (TPSA) is 77.5 Å². The number of imidazole rings is 1. The van der Waals surface area contributed by atoms with E-state index in [4.69, 9.17) is 5.14 Å². The SMILES string of the molecule is CCc1ccc2c(S(N)(=O)=O)nc(CC)n2c1. The molecule has 0 atom stereocenters. The van der Waals surface area contributed by atoms with E-state index >= 15 is 0 Å². The van der Waals surface area contributed by atoms with E-state index in [0.29, 0.717) is 17.8 Å². The summed E-state index contributed by atoms with van der Waals surface area (Å²) in [5.74, 6) is 0.708. The standard InChI is InChI=1S/C11H15N3O2S/c1-3-8-5-6-9-11(17(12,15)16)13-10(4-2)14(9)7-8/h5-7H,3-4H2,1-2H3,(H2,12,15,16). The van der Waals surface area contributed by atoms with Crippen molar-refractivity contribution >= 4 is 15.5 Å². The van der Waals surface area contributed by atoms with Gasteiger partial charge in [-0.3, -0.25) is 0 Å². The minimum absolute atomic E-state index is 0.0444. The minimum Gasteiger partial charge on any atom is -0.302 e. The molecule has 2 heterocycles. The number of aryl methyl sites for hydroxylation is 2.